The van der Waals surface area contributed by atoms with Crippen molar-refractivity contribution in [2.45, 2.75) is 12.8 Å². The van der Waals surface area contributed by atoms with Crippen molar-refractivity contribution in [3.8, 4) is 16.9 Å². The van der Waals surface area contributed by atoms with Gasteiger partial charge in [-0.2, -0.15) is 4.68 Å². The van der Waals surface area contributed by atoms with Crippen LogP contribution in [-0.4, -0.2) is 62.2 Å². The molecule has 8 nitrogen and oxygen atoms in total. The van der Waals surface area contributed by atoms with Crippen LogP contribution in [0.4, 0.5) is 10.3 Å². The monoisotopic (exact) mass is 495 g/mol. The SMILES string of the molecule is O=C(CCc1c(-c2ccc(F)cc2)[nH]c2ccccc12)N1CCN(c2nnnn2-c2ccccc2)CC1. The van der Waals surface area contributed by atoms with E-state index in [4.69, 9.17) is 0 Å². The van der Waals surface area contributed by atoms with E-state index in [-0.39, 0.29) is 11.7 Å². The number of rotatable bonds is 6. The summed E-state index contributed by atoms with van der Waals surface area (Å²) in [6.45, 7) is 2.54. The fourth-order valence-electron chi connectivity index (χ4n) is 4.98. The number of para-hydroxylation sites is 2. The molecule has 0 unspecified atom stereocenters. The summed E-state index contributed by atoms with van der Waals surface area (Å²) >= 11 is 0. The fourth-order valence-corrected chi connectivity index (χ4v) is 4.98. The molecule has 5 aromatic rings. The van der Waals surface area contributed by atoms with Gasteiger partial charge >= 0.3 is 0 Å². The van der Waals surface area contributed by atoms with Crippen molar-refractivity contribution in [2.75, 3.05) is 31.1 Å². The molecule has 37 heavy (non-hydrogen) atoms. The number of anilines is 1. The highest BCUT2D eigenvalue weighted by atomic mass is 19.1. The summed E-state index contributed by atoms with van der Waals surface area (Å²) in [7, 11) is 0. The van der Waals surface area contributed by atoms with Crippen molar-refractivity contribution >= 4 is 22.8 Å². The molecule has 186 valence electrons. The van der Waals surface area contributed by atoms with Gasteiger partial charge in [0, 0.05) is 49.2 Å². The number of tetrazole rings is 1. The highest BCUT2D eigenvalue weighted by molar-refractivity contribution is 5.91. The molecule has 1 aliphatic heterocycles. The van der Waals surface area contributed by atoms with Gasteiger partial charge in [0.1, 0.15) is 5.82 Å². The summed E-state index contributed by atoms with van der Waals surface area (Å²) in [5, 5.41) is 13.3. The van der Waals surface area contributed by atoms with Gasteiger partial charge in [-0.05, 0) is 70.4 Å². The number of carbonyl (C=O) groups excluding carboxylic acids is 1. The third-order valence-electron chi connectivity index (χ3n) is 6.90. The quantitative estimate of drug-likeness (QED) is 0.381. The number of hydrogen-bond donors (Lipinski definition) is 1. The first kappa shape index (κ1) is 22.9. The molecule has 0 radical (unpaired) electrons. The van der Waals surface area contributed by atoms with Gasteiger partial charge in [0.25, 0.3) is 0 Å². The number of nitrogens with one attached hydrogen (secondary N) is 1. The number of benzene rings is 3. The van der Waals surface area contributed by atoms with Gasteiger partial charge < -0.3 is 14.8 Å². The molecule has 1 saturated heterocycles. The predicted octanol–water partition coefficient (Wildman–Crippen LogP) is 4.23. The average Bonchev–Trinajstić information content (AvgIpc) is 3.58. The van der Waals surface area contributed by atoms with Gasteiger partial charge in [-0.15, -0.1) is 0 Å². The molecule has 0 saturated carbocycles. The topological polar surface area (TPSA) is 82.9 Å². The largest absolute Gasteiger partial charge is 0.354 e. The number of amides is 1. The molecule has 2 aromatic heterocycles. The summed E-state index contributed by atoms with van der Waals surface area (Å²) in [5.41, 5.74) is 4.83. The van der Waals surface area contributed by atoms with Gasteiger partial charge in [0.15, 0.2) is 0 Å². The van der Waals surface area contributed by atoms with Crippen molar-refractivity contribution in [1.82, 2.24) is 30.1 Å². The molecular formula is C28H26FN7O. The molecule has 0 spiro atoms. The van der Waals surface area contributed by atoms with Gasteiger partial charge in [-0.3, -0.25) is 4.79 Å². The van der Waals surface area contributed by atoms with Crippen LogP contribution in [0.25, 0.3) is 27.8 Å². The molecule has 1 aliphatic rings. The van der Waals surface area contributed by atoms with Crippen molar-refractivity contribution < 1.29 is 9.18 Å². The second-order valence-electron chi connectivity index (χ2n) is 9.13. The minimum Gasteiger partial charge on any atom is -0.354 e. The molecule has 1 N–H and O–H groups in total. The smallest absolute Gasteiger partial charge is 0.250 e. The summed E-state index contributed by atoms with van der Waals surface area (Å²) in [4.78, 5) is 20.7. The Bertz CT molecular complexity index is 1520. The van der Waals surface area contributed by atoms with Crippen LogP contribution < -0.4 is 4.90 Å². The van der Waals surface area contributed by atoms with Gasteiger partial charge in [-0.25, -0.2) is 4.39 Å². The number of hydrogen-bond acceptors (Lipinski definition) is 5. The highest BCUT2D eigenvalue weighted by Crippen LogP contribution is 2.31. The van der Waals surface area contributed by atoms with E-state index in [2.05, 4.69) is 31.5 Å². The zero-order valence-electron chi connectivity index (χ0n) is 20.2. The molecule has 1 fully saturated rings. The maximum Gasteiger partial charge on any atom is 0.250 e. The Hall–Kier alpha value is -4.53. The van der Waals surface area contributed by atoms with Crippen molar-refractivity contribution in [3.63, 3.8) is 0 Å². The zero-order valence-corrected chi connectivity index (χ0v) is 20.2. The van der Waals surface area contributed by atoms with Crippen LogP contribution in [0.1, 0.15) is 12.0 Å². The van der Waals surface area contributed by atoms with Crippen LogP contribution in [0, 0.1) is 5.82 Å². The lowest BCUT2D eigenvalue weighted by molar-refractivity contribution is -0.131. The van der Waals surface area contributed by atoms with Crippen molar-refractivity contribution in [3.05, 3.63) is 90.2 Å². The summed E-state index contributed by atoms with van der Waals surface area (Å²) in [6, 6.07) is 24.3. The molecular weight excluding hydrogens is 469 g/mol. The Morgan fingerprint density at radius 3 is 2.41 bits per heavy atom. The van der Waals surface area contributed by atoms with E-state index in [1.54, 1.807) is 16.8 Å². The van der Waals surface area contributed by atoms with Crippen molar-refractivity contribution in [2.24, 2.45) is 0 Å². The lowest BCUT2D eigenvalue weighted by atomic mass is 10.0. The Morgan fingerprint density at radius 1 is 0.892 bits per heavy atom. The molecule has 0 bridgehead atoms. The van der Waals surface area contributed by atoms with Crippen LogP contribution in [-0.2, 0) is 11.2 Å². The minimum atomic E-state index is -0.270. The molecule has 3 heterocycles. The number of aromatic amines is 1. The molecule has 6 rings (SSSR count). The number of H-pyrrole nitrogens is 1. The van der Waals surface area contributed by atoms with E-state index in [9.17, 15) is 9.18 Å². The molecule has 0 aliphatic carbocycles. The van der Waals surface area contributed by atoms with Gasteiger partial charge in [-0.1, -0.05) is 41.5 Å². The van der Waals surface area contributed by atoms with E-state index in [0.29, 0.717) is 45.0 Å². The van der Waals surface area contributed by atoms with Gasteiger partial charge in [0.2, 0.25) is 11.9 Å². The number of fused-ring (bicyclic) bond motifs is 1. The van der Waals surface area contributed by atoms with E-state index >= 15 is 0 Å². The van der Waals surface area contributed by atoms with Gasteiger partial charge in [0.05, 0.1) is 5.69 Å². The van der Waals surface area contributed by atoms with Crippen LogP contribution >= 0.6 is 0 Å². The Kier molecular flexibility index (Phi) is 6.10. The third kappa shape index (κ3) is 4.55. The van der Waals surface area contributed by atoms with E-state index in [1.165, 1.54) is 12.1 Å². The maximum atomic E-state index is 13.5. The van der Waals surface area contributed by atoms with Crippen LogP contribution in [0.3, 0.4) is 0 Å². The molecule has 3 aromatic carbocycles. The Morgan fingerprint density at radius 2 is 1.62 bits per heavy atom. The number of nitrogens with zero attached hydrogens (tertiary/aromatic N) is 6. The van der Waals surface area contributed by atoms with Crippen molar-refractivity contribution in [1.29, 1.82) is 0 Å². The average molecular weight is 496 g/mol. The third-order valence-corrected chi connectivity index (χ3v) is 6.90. The lowest BCUT2D eigenvalue weighted by Gasteiger charge is -2.34. The normalized spacial score (nSPS) is 13.9. The number of halogens is 1. The summed E-state index contributed by atoms with van der Waals surface area (Å²) in [5.74, 6) is 0.534. The number of aromatic nitrogens is 5. The first-order valence-corrected chi connectivity index (χ1v) is 12.4. The predicted molar refractivity (Wildman–Crippen MR) is 140 cm³/mol. The molecule has 9 heteroatoms. The lowest BCUT2D eigenvalue weighted by Crippen LogP contribution is -2.49. The maximum absolute atomic E-state index is 13.5. The summed E-state index contributed by atoms with van der Waals surface area (Å²) < 4.78 is 15.2. The molecule has 1 amide bonds. The number of aryl methyl sites for hydroxylation is 1. The van der Waals surface area contributed by atoms with Crippen LogP contribution in [0.15, 0.2) is 78.9 Å². The second kappa shape index (κ2) is 9.85. The first-order valence-electron chi connectivity index (χ1n) is 12.4. The Balaban J connectivity index is 1.14. The molecule has 0 atom stereocenters. The standard InChI is InChI=1S/C28H26FN7O/c29-21-12-10-20(11-13-21)27-24(23-8-4-5-9-25(23)30-27)14-15-26(37)34-16-18-35(19-17-34)28-31-32-33-36(28)22-6-2-1-3-7-22/h1-13,30H,14-19H2. The minimum absolute atomic E-state index is 0.123. The fraction of sp³-hybridized carbons (Fsp3) is 0.214. The summed E-state index contributed by atoms with van der Waals surface area (Å²) in [6.07, 6.45) is 1.000. The first-order chi connectivity index (χ1) is 18.2. The van der Waals surface area contributed by atoms with E-state index in [0.717, 1.165) is 33.4 Å². The van der Waals surface area contributed by atoms with Crippen LogP contribution in [0.5, 0.6) is 0 Å². The number of carbonyl (C=O) groups is 1. The van der Waals surface area contributed by atoms with E-state index < -0.39 is 0 Å². The van der Waals surface area contributed by atoms with Crippen LogP contribution in [0.2, 0.25) is 0 Å². The second-order valence-corrected chi connectivity index (χ2v) is 9.13. The number of piperazine rings is 1. The van der Waals surface area contributed by atoms with E-state index in [1.807, 2.05) is 53.4 Å². The zero-order chi connectivity index (χ0) is 25.2. The highest BCUT2D eigenvalue weighted by Gasteiger charge is 2.25. The Labute approximate surface area is 213 Å².